The van der Waals surface area contributed by atoms with Crippen molar-refractivity contribution in [3.05, 3.63) is 34.9 Å². The van der Waals surface area contributed by atoms with Crippen molar-refractivity contribution in [2.24, 2.45) is 11.1 Å². The lowest BCUT2D eigenvalue weighted by Gasteiger charge is -2.60. The molecule has 0 radical (unpaired) electrons. The maximum absolute atomic E-state index is 6.53. The van der Waals surface area contributed by atoms with E-state index in [2.05, 4.69) is 32.0 Å². The van der Waals surface area contributed by atoms with Crippen molar-refractivity contribution in [2.45, 2.75) is 51.5 Å². The van der Waals surface area contributed by atoms with Crippen LogP contribution in [0, 0.1) is 19.3 Å². The van der Waals surface area contributed by atoms with Gasteiger partial charge in [0.15, 0.2) is 0 Å². The van der Waals surface area contributed by atoms with E-state index >= 15 is 0 Å². The molecule has 86 valence electrons. The third kappa shape index (κ3) is 1.34. The first-order valence-electron chi connectivity index (χ1n) is 6.40. The fourth-order valence-corrected chi connectivity index (χ4v) is 3.57. The summed E-state index contributed by atoms with van der Waals surface area (Å²) in [5, 5.41) is 0. The number of rotatable bonds is 1. The predicted octanol–water partition coefficient (Wildman–Crippen LogP) is 3.42. The molecule has 16 heavy (non-hydrogen) atoms. The van der Waals surface area contributed by atoms with Gasteiger partial charge >= 0.3 is 0 Å². The second kappa shape index (κ2) is 3.10. The van der Waals surface area contributed by atoms with E-state index in [4.69, 9.17) is 5.73 Å². The molecule has 0 aromatic heterocycles. The Hall–Kier alpha value is -0.820. The molecule has 1 aromatic carbocycles. The highest BCUT2D eigenvalue weighted by molar-refractivity contribution is 5.36. The van der Waals surface area contributed by atoms with Crippen molar-refractivity contribution in [3.8, 4) is 0 Å². The summed E-state index contributed by atoms with van der Waals surface area (Å²) in [5.74, 6) is 0. The van der Waals surface area contributed by atoms with E-state index in [1.54, 1.807) is 0 Å². The average Bonchev–Trinajstić information content (AvgIpc) is 2.14. The molecule has 1 heteroatoms. The molecule has 0 saturated heterocycles. The lowest BCUT2D eigenvalue weighted by atomic mass is 9.47. The second-order valence-electron chi connectivity index (χ2n) is 6.16. The third-order valence-electron chi connectivity index (χ3n) is 4.88. The number of benzene rings is 1. The van der Waals surface area contributed by atoms with Crippen molar-refractivity contribution in [1.29, 1.82) is 0 Å². The molecule has 2 aliphatic rings. The van der Waals surface area contributed by atoms with E-state index in [-0.39, 0.29) is 5.54 Å². The fraction of sp³-hybridized carbons (Fsp3) is 0.600. The van der Waals surface area contributed by atoms with Crippen molar-refractivity contribution in [2.75, 3.05) is 0 Å². The summed E-state index contributed by atoms with van der Waals surface area (Å²) in [6, 6.07) is 6.74. The van der Waals surface area contributed by atoms with Crippen molar-refractivity contribution in [3.63, 3.8) is 0 Å². The summed E-state index contributed by atoms with van der Waals surface area (Å²) in [6.07, 6.45) is 6.67. The van der Waals surface area contributed by atoms with Gasteiger partial charge in [-0.25, -0.2) is 0 Å². The molecule has 0 heterocycles. The first-order valence-corrected chi connectivity index (χ1v) is 6.40. The standard InChI is InChI=1S/C15H21N/c1-11-4-5-13(8-12(11)2)15(16)9-14(10-15)6-3-7-14/h4-5,8H,3,6-7,9-10,16H2,1-2H3. The molecule has 1 spiro atoms. The van der Waals surface area contributed by atoms with Crippen LogP contribution in [0.15, 0.2) is 18.2 Å². The van der Waals surface area contributed by atoms with Gasteiger partial charge in [-0.2, -0.15) is 0 Å². The molecule has 0 unspecified atom stereocenters. The minimum Gasteiger partial charge on any atom is -0.321 e. The van der Waals surface area contributed by atoms with Crippen molar-refractivity contribution >= 4 is 0 Å². The molecule has 3 rings (SSSR count). The summed E-state index contributed by atoms with van der Waals surface area (Å²) >= 11 is 0. The molecular weight excluding hydrogens is 194 g/mol. The van der Waals surface area contributed by atoms with Gasteiger partial charge in [0.1, 0.15) is 0 Å². The van der Waals surface area contributed by atoms with Gasteiger partial charge in [0.25, 0.3) is 0 Å². The van der Waals surface area contributed by atoms with Crippen LogP contribution in [0.5, 0.6) is 0 Å². The Balaban J connectivity index is 1.84. The minimum atomic E-state index is -0.0150. The average molecular weight is 215 g/mol. The molecule has 0 amide bonds. The fourth-order valence-electron chi connectivity index (χ4n) is 3.57. The lowest BCUT2D eigenvalue weighted by molar-refractivity contribution is -0.0462. The van der Waals surface area contributed by atoms with Gasteiger partial charge in [0.2, 0.25) is 0 Å². The van der Waals surface area contributed by atoms with Crippen molar-refractivity contribution < 1.29 is 0 Å². The Kier molecular flexibility index (Phi) is 2.00. The zero-order valence-corrected chi connectivity index (χ0v) is 10.3. The van der Waals surface area contributed by atoms with Crippen LogP contribution < -0.4 is 5.73 Å². The summed E-state index contributed by atoms with van der Waals surface area (Å²) in [6.45, 7) is 4.34. The van der Waals surface area contributed by atoms with E-state index in [0.29, 0.717) is 5.41 Å². The Morgan fingerprint density at radius 2 is 1.75 bits per heavy atom. The van der Waals surface area contributed by atoms with Crippen LogP contribution >= 0.6 is 0 Å². The highest BCUT2D eigenvalue weighted by atomic mass is 14.8. The Morgan fingerprint density at radius 3 is 2.25 bits per heavy atom. The second-order valence-corrected chi connectivity index (χ2v) is 6.16. The van der Waals surface area contributed by atoms with E-state index in [1.807, 2.05) is 0 Å². The topological polar surface area (TPSA) is 26.0 Å². The van der Waals surface area contributed by atoms with E-state index in [1.165, 1.54) is 48.8 Å². The third-order valence-corrected chi connectivity index (χ3v) is 4.88. The monoisotopic (exact) mass is 215 g/mol. The lowest BCUT2D eigenvalue weighted by Crippen LogP contribution is -2.58. The first-order chi connectivity index (χ1) is 7.53. The van der Waals surface area contributed by atoms with Gasteiger partial charge in [-0.1, -0.05) is 24.6 Å². The SMILES string of the molecule is Cc1ccc(C2(N)CC3(CCC3)C2)cc1C. The number of hydrogen-bond donors (Lipinski definition) is 1. The molecule has 1 nitrogen and oxygen atoms in total. The van der Waals surface area contributed by atoms with E-state index in [9.17, 15) is 0 Å². The van der Waals surface area contributed by atoms with Gasteiger partial charge in [-0.05, 0) is 61.6 Å². The van der Waals surface area contributed by atoms with E-state index < -0.39 is 0 Å². The molecule has 2 fully saturated rings. The summed E-state index contributed by atoms with van der Waals surface area (Å²) < 4.78 is 0. The first kappa shape index (κ1) is 10.3. The number of hydrogen-bond acceptors (Lipinski definition) is 1. The molecule has 0 bridgehead atoms. The van der Waals surface area contributed by atoms with Crippen LogP contribution in [0.2, 0.25) is 0 Å². The van der Waals surface area contributed by atoms with Crippen LogP contribution in [0.4, 0.5) is 0 Å². The van der Waals surface area contributed by atoms with Crippen LogP contribution in [0.1, 0.15) is 48.8 Å². The Morgan fingerprint density at radius 1 is 1.06 bits per heavy atom. The summed E-state index contributed by atoms with van der Waals surface area (Å²) in [7, 11) is 0. The molecular formula is C15H21N. The predicted molar refractivity (Wildman–Crippen MR) is 67.3 cm³/mol. The molecule has 0 atom stereocenters. The van der Waals surface area contributed by atoms with Gasteiger partial charge in [0.05, 0.1) is 0 Å². The Bertz CT molecular complexity index is 421. The van der Waals surface area contributed by atoms with Crippen LogP contribution in [-0.4, -0.2) is 0 Å². The Labute approximate surface area is 98.0 Å². The highest BCUT2D eigenvalue weighted by Gasteiger charge is 2.55. The van der Waals surface area contributed by atoms with Gasteiger partial charge in [-0.3, -0.25) is 0 Å². The molecule has 2 saturated carbocycles. The number of nitrogens with two attached hydrogens (primary N) is 1. The molecule has 2 N–H and O–H groups in total. The zero-order valence-electron chi connectivity index (χ0n) is 10.3. The smallest absolute Gasteiger partial charge is 0.0420 e. The minimum absolute atomic E-state index is 0.0150. The quantitative estimate of drug-likeness (QED) is 0.763. The van der Waals surface area contributed by atoms with Gasteiger partial charge < -0.3 is 5.73 Å². The van der Waals surface area contributed by atoms with Gasteiger partial charge in [0, 0.05) is 5.54 Å². The maximum atomic E-state index is 6.53. The van der Waals surface area contributed by atoms with E-state index in [0.717, 1.165) is 0 Å². The summed E-state index contributed by atoms with van der Waals surface area (Å²) in [5.41, 5.74) is 11.3. The summed E-state index contributed by atoms with van der Waals surface area (Å²) in [4.78, 5) is 0. The maximum Gasteiger partial charge on any atom is 0.0420 e. The van der Waals surface area contributed by atoms with Crippen molar-refractivity contribution in [1.82, 2.24) is 0 Å². The normalized spacial score (nSPS) is 24.9. The number of aryl methyl sites for hydroxylation is 2. The van der Waals surface area contributed by atoms with Gasteiger partial charge in [-0.15, -0.1) is 0 Å². The zero-order chi connectivity index (χ0) is 11.4. The largest absolute Gasteiger partial charge is 0.321 e. The molecule has 0 aliphatic heterocycles. The van der Waals surface area contributed by atoms with Crippen LogP contribution in [0.3, 0.4) is 0 Å². The molecule has 1 aromatic rings. The van der Waals surface area contributed by atoms with Crippen LogP contribution in [-0.2, 0) is 5.54 Å². The molecule has 2 aliphatic carbocycles. The highest BCUT2D eigenvalue weighted by Crippen LogP contribution is 2.62. The van der Waals surface area contributed by atoms with Crippen LogP contribution in [0.25, 0.3) is 0 Å².